The average molecular weight is 277 g/mol. The number of likely N-dealkylation sites (N-methyl/N-ethyl adjacent to an activating group) is 2. The number of amides is 2. The molecule has 0 fully saturated rings. The molecule has 0 heterocycles. The van der Waals surface area contributed by atoms with Crippen molar-refractivity contribution in [2.75, 3.05) is 19.6 Å². The summed E-state index contributed by atoms with van der Waals surface area (Å²) in [4.78, 5) is 25.2. The van der Waals surface area contributed by atoms with Gasteiger partial charge < -0.3 is 16.0 Å². The second-order valence-corrected chi connectivity index (χ2v) is 4.58. The van der Waals surface area contributed by atoms with Crippen molar-refractivity contribution in [2.45, 2.75) is 26.3 Å². The van der Waals surface area contributed by atoms with Crippen LogP contribution in [0.4, 0.5) is 0 Å². The number of nitrogens with two attached hydrogens (primary N) is 1. The third-order valence-electron chi connectivity index (χ3n) is 3.07. The molecule has 0 saturated heterocycles. The van der Waals surface area contributed by atoms with Crippen molar-refractivity contribution in [1.82, 2.24) is 10.2 Å². The van der Waals surface area contributed by atoms with Gasteiger partial charge in [-0.15, -0.1) is 0 Å². The molecule has 0 radical (unpaired) electrons. The van der Waals surface area contributed by atoms with E-state index in [1.807, 2.05) is 44.2 Å². The Balaban J connectivity index is 2.57. The molecular formula is C15H23N3O2. The van der Waals surface area contributed by atoms with Crippen LogP contribution in [0.1, 0.15) is 31.9 Å². The molecule has 0 aliphatic carbocycles. The molecule has 1 rings (SSSR count). The second-order valence-electron chi connectivity index (χ2n) is 4.58. The van der Waals surface area contributed by atoms with Crippen molar-refractivity contribution in [1.29, 1.82) is 0 Å². The fourth-order valence-electron chi connectivity index (χ4n) is 1.94. The molecule has 5 nitrogen and oxygen atoms in total. The Labute approximate surface area is 120 Å². The quantitative estimate of drug-likeness (QED) is 0.782. The Bertz CT molecular complexity index is 434. The number of carbonyl (C=O) groups is 2. The van der Waals surface area contributed by atoms with Gasteiger partial charge in [-0.05, 0) is 19.4 Å². The topological polar surface area (TPSA) is 75.4 Å². The highest BCUT2D eigenvalue weighted by molar-refractivity contribution is 5.85. The van der Waals surface area contributed by atoms with Gasteiger partial charge in [-0.25, -0.2) is 0 Å². The van der Waals surface area contributed by atoms with Gasteiger partial charge in [-0.2, -0.15) is 0 Å². The summed E-state index contributed by atoms with van der Waals surface area (Å²) in [6, 6.07) is 9.16. The standard InChI is InChI=1S/C15H23N3O2/c1-3-17-14(19)11-18(4-2)15(20)10-13(16)12-8-6-5-7-9-12/h5-9,13H,3-4,10-11,16H2,1-2H3,(H,17,19). The minimum Gasteiger partial charge on any atom is -0.355 e. The third kappa shape index (κ3) is 5.01. The molecule has 1 unspecified atom stereocenters. The normalized spacial score (nSPS) is 11.8. The number of hydrogen-bond donors (Lipinski definition) is 2. The summed E-state index contributed by atoms with van der Waals surface area (Å²) in [6.07, 6.45) is 0.206. The van der Waals surface area contributed by atoms with Gasteiger partial charge in [0.2, 0.25) is 11.8 Å². The highest BCUT2D eigenvalue weighted by atomic mass is 16.2. The van der Waals surface area contributed by atoms with Crippen molar-refractivity contribution in [3.8, 4) is 0 Å². The molecule has 3 N–H and O–H groups in total. The SMILES string of the molecule is CCNC(=O)CN(CC)C(=O)CC(N)c1ccccc1. The Hall–Kier alpha value is -1.88. The van der Waals surface area contributed by atoms with Crippen LogP contribution >= 0.6 is 0 Å². The minimum atomic E-state index is -0.341. The molecule has 0 aliphatic heterocycles. The Morgan fingerprint density at radius 3 is 2.45 bits per heavy atom. The van der Waals surface area contributed by atoms with Gasteiger partial charge in [-0.3, -0.25) is 9.59 Å². The molecule has 0 saturated carbocycles. The number of nitrogens with zero attached hydrogens (tertiary/aromatic N) is 1. The van der Waals surface area contributed by atoms with Crippen LogP contribution in [-0.4, -0.2) is 36.3 Å². The summed E-state index contributed by atoms with van der Waals surface area (Å²) in [5.41, 5.74) is 6.96. The zero-order valence-electron chi connectivity index (χ0n) is 12.1. The van der Waals surface area contributed by atoms with E-state index in [1.165, 1.54) is 4.90 Å². The van der Waals surface area contributed by atoms with Crippen LogP contribution in [0.3, 0.4) is 0 Å². The van der Waals surface area contributed by atoms with Crippen molar-refractivity contribution >= 4 is 11.8 Å². The van der Waals surface area contributed by atoms with Gasteiger partial charge in [-0.1, -0.05) is 30.3 Å². The van der Waals surface area contributed by atoms with Gasteiger partial charge in [0.25, 0.3) is 0 Å². The summed E-state index contributed by atoms with van der Waals surface area (Å²) in [7, 11) is 0. The van der Waals surface area contributed by atoms with E-state index in [9.17, 15) is 9.59 Å². The van der Waals surface area contributed by atoms with E-state index in [1.54, 1.807) is 0 Å². The summed E-state index contributed by atoms with van der Waals surface area (Å²) in [6.45, 7) is 4.85. The first-order valence-electron chi connectivity index (χ1n) is 6.93. The van der Waals surface area contributed by atoms with E-state index < -0.39 is 0 Å². The number of carbonyl (C=O) groups excluding carboxylic acids is 2. The first kappa shape index (κ1) is 16.2. The van der Waals surface area contributed by atoms with E-state index in [4.69, 9.17) is 5.73 Å². The third-order valence-corrected chi connectivity index (χ3v) is 3.07. The number of rotatable bonds is 7. The van der Waals surface area contributed by atoms with Crippen LogP contribution < -0.4 is 11.1 Å². The average Bonchev–Trinajstić information content (AvgIpc) is 2.45. The first-order chi connectivity index (χ1) is 9.58. The maximum atomic E-state index is 12.2. The summed E-state index contributed by atoms with van der Waals surface area (Å²) in [5.74, 6) is -0.244. The van der Waals surface area contributed by atoms with Crippen LogP contribution in [0.25, 0.3) is 0 Å². The number of hydrogen-bond acceptors (Lipinski definition) is 3. The Morgan fingerprint density at radius 1 is 1.25 bits per heavy atom. The molecule has 0 spiro atoms. The molecule has 5 heteroatoms. The van der Waals surface area contributed by atoms with Gasteiger partial charge in [0.05, 0.1) is 6.54 Å². The lowest BCUT2D eigenvalue weighted by atomic mass is 10.0. The van der Waals surface area contributed by atoms with Crippen molar-refractivity contribution in [3.63, 3.8) is 0 Å². The van der Waals surface area contributed by atoms with Crippen molar-refractivity contribution in [2.24, 2.45) is 5.73 Å². The molecular weight excluding hydrogens is 254 g/mol. The maximum absolute atomic E-state index is 12.2. The lowest BCUT2D eigenvalue weighted by molar-refractivity contribution is -0.136. The van der Waals surface area contributed by atoms with E-state index in [0.29, 0.717) is 13.1 Å². The smallest absolute Gasteiger partial charge is 0.239 e. The van der Waals surface area contributed by atoms with E-state index in [0.717, 1.165) is 5.56 Å². The van der Waals surface area contributed by atoms with Crippen LogP contribution in [0, 0.1) is 0 Å². The van der Waals surface area contributed by atoms with Gasteiger partial charge in [0, 0.05) is 25.6 Å². The lowest BCUT2D eigenvalue weighted by Crippen LogP contribution is -2.41. The van der Waals surface area contributed by atoms with Gasteiger partial charge in [0.1, 0.15) is 0 Å². The molecule has 1 aromatic rings. The molecule has 0 aliphatic rings. The van der Waals surface area contributed by atoms with Crippen molar-refractivity contribution in [3.05, 3.63) is 35.9 Å². The van der Waals surface area contributed by atoms with E-state index in [-0.39, 0.29) is 30.8 Å². The molecule has 20 heavy (non-hydrogen) atoms. The van der Waals surface area contributed by atoms with Crippen LogP contribution in [0.15, 0.2) is 30.3 Å². The Kier molecular flexibility index (Phi) is 6.73. The highest BCUT2D eigenvalue weighted by Gasteiger charge is 2.18. The van der Waals surface area contributed by atoms with Gasteiger partial charge in [0.15, 0.2) is 0 Å². The molecule has 110 valence electrons. The van der Waals surface area contributed by atoms with Crippen LogP contribution in [0.5, 0.6) is 0 Å². The molecule has 0 bridgehead atoms. The lowest BCUT2D eigenvalue weighted by Gasteiger charge is -2.22. The summed E-state index contributed by atoms with van der Waals surface area (Å²) < 4.78 is 0. The summed E-state index contributed by atoms with van der Waals surface area (Å²) in [5, 5.41) is 2.69. The fraction of sp³-hybridized carbons (Fsp3) is 0.467. The predicted molar refractivity (Wildman–Crippen MR) is 78.9 cm³/mol. The van der Waals surface area contributed by atoms with Gasteiger partial charge >= 0.3 is 0 Å². The fourth-order valence-corrected chi connectivity index (χ4v) is 1.94. The largest absolute Gasteiger partial charge is 0.355 e. The summed E-state index contributed by atoms with van der Waals surface area (Å²) >= 11 is 0. The molecule has 2 amide bonds. The zero-order chi connectivity index (χ0) is 15.0. The van der Waals surface area contributed by atoms with Crippen LogP contribution in [0.2, 0.25) is 0 Å². The first-order valence-corrected chi connectivity index (χ1v) is 6.93. The zero-order valence-corrected chi connectivity index (χ0v) is 12.1. The Morgan fingerprint density at radius 2 is 1.90 bits per heavy atom. The number of benzene rings is 1. The molecule has 1 atom stereocenters. The molecule has 0 aromatic heterocycles. The monoisotopic (exact) mass is 277 g/mol. The maximum Gasteiger partial charge on any atom is 0.239 e. The second kappa shape index (κ2) is 8.32. The number of nitrogens with one attached hydrogen (secondary N) is 1. The van der Waals surface area contributed by atoms with E-state index in [2.05, 4.69) is 5.32 Å². The minimum absolute atomic E-state index is 0.0880. The predicted octanol–water partition coefficient (Wildman–Crippen LogP) is 1.06. The highest BCUT2D eigenvalue weighted by Crippen LogP contribution is 2.14. The molecule has 1 aromatic carbocycles. The van der Waals surface area contributed by atoms with Crippen LogP contribution in [-0.2, 0) is 9.59 Å². The van der Waals surface area contributed by atoms with Crippen molar-refractivity contribution < 1.29 is 9.59 Å². The van der Waals surface area contributed by atoms with E-state index >= 15 is 0 Å².